The maximum Gasteiger partial charge on any atom is 0.253 e. The predicted octanol–water partition coefficient (Wildman–Crippen LogP) is 5.82. The number of hydrogen-bond acceptors (Lipinski definition) is 3. The van der Waals surface area contributed by atoms with Crippen molar-refractivity contribution in [2.45, 2.75) is 18.9 Å². The van der Waals surface area contributed by atoms with Gasteiger partial charge in [0.05, 0.1) is 23.2 Å². The molecule has 1 atom stereocenters. The van der Waals surface area contributed by atoms with Crippen molar-refractivity contribution in [1.82, 2.24) is 10.6 Å². The summed E-state index contributed by atoms with van der Waals surface area (Å²) >= 11 is 5.47. The molecule has 2 amide bonds. The van der Waals surface area contributed by atoms with E-state index in [1.807, 2.05) is 97.9 Å². The quantitative estimate of drug-likeness (QED) is 0.284. The summed E-state index contributed by atoms with van der Waals surface area (Å²) in [4.78, 5) is 26.4. The molecule has 0 bridgehead atoms. The molecule has 0 spiro atoms. The van der Waals surface area contributed by atoms with Crippen LogP contribution >= 0.6 is 12.2 Å². The van der Waals surface area contributed by atoms with Gasteiger partial charge in [0.2, 0.25) is 5.91 Å². The molecule has 1 unspecified atom stereocenters. The molecule has 0 heterocycles. The van der Waals surface area contributed by atoms with E-state index in [0.717, 1.165) is 16.7 Å². The van der Waals surface area contributed by atoms with Crippen LogP contribution in [0.1, 0.15) is 45.9 Å². The third-order valence-electron chi connectivity index (χ3n) is 5.83. The Hall–Kier alpha value is -4.29. The molecule has 0 radical (unpaired) electrons. The van der Waals surface area contributed by atoms with Gasteiger partial charge in [-0.3, -0.25) is 9.59 Å². The lowest BCUT2D eigenvalue weighted by atomic mass is 9.90. The van der Waals surface area contributed by atoms with Crippen molar-refractivity contribution in [2.24, 2.45) is 0 Å². The van der Waals surface area contributed by atoms with Crippen molar-refractivity contribution in [3.63, 3.8) is 0 Å². The zero-order valence-electron chi connectivity index (χ0n) is 19.8. The topological polar surface area (TPSA) is 70.2 Å². The Morgan fingerprint density at radius 3 is 1.69 bits per heavy atom. The molecule has 4 rings (SSSR count). The molecule has 3 N–H and O–H groups in total. The van der Waals surface area contributed by atoms with E-state index in [1.165, 1.54) is 0 Å². The molecular formula is C30H27N3O2S. The highest BCUT2D eigenvalue weighted by atomic mass is 32.1. The zero-order valence-corrected chi connectivity index (χ0v) is 20.7. The van der Waals surface area contributed by atoms with Crippen LogP contribution in [0.15, 0.2) is 115 Å². The number of rotatable bonds is 7. The van der Waals surface area contributed by atoms with Crippen molar-refractivity contribution in [1.29, 1.82) is 0 Å². The first-order chi connectivity index (χ1) is 17.5. The Morgan fingerprint density at radius 2 is 1.14 bits per heavy atom. The standard InChI is InChI=1S/C30H27N3O2S/c1-21(22-13-5-2-6-14-22)31-28(34)25-19-11-12-20-26(25)32-30(36)33-29(35)27(23-15-7-3-8-16-23)24-17-9-4-10-18-24/h2-21,27H,1H3,(H,31,34)(H2,32,33,35,36). The van der Waals surface area contributed by atoms with Crippen LogP contribution in [0, 0.1) is 0 Å². The van der Waals surface area contributed by atoms with Crippen LogP contribution < -0.4 is 16.0 Å². The predicted molar refractivity (Wildman–Crippen MR) is 148 cm³/mol. The largest absolute Gasteiger partial charge is 0.345 e. The first kappa shape index (κ1) is 24.8. The van der Waals surface area contributed by atoms with E-state index >= 15 is 0 Å². The lowest BCUT2D eigenvalue weighted by Crippen LogP contribution is -2.38. The minimum atomic E-state index is -0.530. The van der Waals surface area contributed by atoms with Crippen molar-refractivity contribution >= 4 is 34.8 Å². The Balaban J connectivity index is 1.48. The van der Waals surface area contributed by atoms with E-state index < -0.39 is 5.92 Å². The fourth-order valence-electron chi connectivity index (χ4n) is 4.01. The summed E-state index contributed by atoms with van der Waals surface area (Å²) in [5, 5.41) is 8.98. The smallest absolute Gasteiger partial charge is 0.253 e. The molecule has 0 fully saturated rings. The van der Waals surface area contributed by atoms with Gasteiger partial charge in [0.15, 0.2) is 5.11 Å². The Labute approximate surface area is 216 Å². The average Bonchev–Trinajstić information content (AvgIpc) is 2.90. The summed E-state index contributed by atoms with van der Waals surface area (Å²) in [7, 11) is 0. The van der Waals surface area contributed by atoms with E-state index in [-0.39, 0.29) is 23.0 Å². The fraction of sp³-hybridized carbons (Fsp3) is 0.100. The number of carbonyl (C=O) groups excluding carboxylic acids is 2. The van der Waals surface area contributed by atoms with Gasteiger partial charge in [0.25, 0.3) is 5.91 Å². The van der Waals surface area contributed by atoms with E-state index in [1.54, 1.807) is 24.3 Å². The van der Waals surface area contributed by atoms with Gasteiger partial charge in [-0.2, -0.15) is 0 Å². The van der Waals surface area contributed by atoms with Gasteiger partial charge >= 0.3 is 0 Å². The molecule has 0 saturated carbocycles. The molecule has 5 nitrogen and oxygen atoms in total. The second kappa shape index (κ2) is 11.9. The third kappa shape index (κ3) is 6.23. The van der Waals surface area contributed by atoms with Crippen molar-refractivity contribution in [2.75, 3.05) is 5.32 Å². The number of thiocarbonyl (C=S) groups is 1. The second-order valence-corrected chi connectivity index (χ2v) is 8.76. The van der Waals surface area contributed by atoms with Crippen LogP contribution in [0.25, 0.3) is 0 Å². The fourth-order valence-corrected chi connectivity index (χ4v) is 4.22. The SMILES string of the molecule is CC(NC(=O)c1ccccc1NC(=S)NC(=O)C(c1ccccc1)c1ccccc1)c1ccccc1. The van der Waals surface area contributed by atoms with Gasteiger partial charge < -0.3 is 16.0 Å². The molecule has 36 heavy (non-hydrogen) atoms. The molecule has 0 aliphatic heterocycles. The maximum absolute atomic E-state index is 13.3. The van der Waals surface area contributed by atoms with Crippen molar-refractivity contribution in [3.8, 4) is 0 Å². The van der Waals surface area contributed by atoms with Gasteiger partial charge in [0.1, 0.15) is 0 Å². The van der Waals surface area contributed by atoms with Crippen LogP contribution in [-0.4, -0.2) is 16.9 Å². The molecule has 180 valence electrons. The van der Waals surface area contributed by atoms with Gasteiger partial charge in [-0.25, -0.2) is 0 Å². The molecular weight excluding hydrogens is 466 g/mol. The first-order valence-electron chi connectivity index (χ1n) is 11.7. The molecule has 0 aliphatic rings. The zero-order chi connectivity index (χ0) is 25.3. The number of para-hydroxylation sites is 1. The van der Waals surface area contributed by atoms with Gasteiger partial charge in [-0.1, -0.05) is 103 Å². The monoisotopic (exact) mass is 493 g/mol. The summed E-state index contributed by atoms with van der Waals surface area (Å²) < 4.78 is 0. The van der Waals surface area contributed by atoms with Gasteiger partial charge in [-0.05, 0) is 48.0 Å². The number of nitrogens with one attached hydrogen (secondary N) is 3. The molecule has 0 aromatic heterocycles. The summed E-state index contributed by atoms with van der Waals surface area (Å²) in [6, 6.07) is 35.8. The van der Waals surface area contributed by atoms with E-state index in [0.29, 0.717) is 11.3 Å². The molecule has 6 heteroatoms. The Kier molecular flexibility index (Phi) is 8.21. The van der Waals surface area contributed by atoms with E-state index in [9.17, 15) is 9.59 Å². The maximum atomic E-state index is 13.3. The van der Waals surface area contributed by atoms with Crippen LogP contribution in [0.4, 0.5) is 5.69 Å². The Bertz CT molecular complexity index is 1290. The summed E-state index contributed by atoms with van der Waals surface area (Å²) in [5.41, 5.74) is 3.67. The highest BCUT2D eigenvalue weighted by molar-refractivity contribution is 7.80. The van der Waals surface area contributed by atoms with Crippen molar-refractivity contribution in [3.05, 3.63) is 138 Å². The first-order valence-corrected chi connectivity index (χ1v) is 12.1. The van der Waals surface area contributed by atoms with Crippen molar-refractivity contribution < 1.29 is 9.59 Å². The summed E-state index contributed by atoms with van der Waals surface area (Å²) in [5.74, 6) is -1.03. The molecule has 4 aromatic rings. The number of amides is 2. The minimum Gasteiger partial charge on any atom is -0.345 e. The van der Waals surface area contributed by atoms with Crippen LogP contribution in [0.2, 0.25) is 0 Å². The van der Waals surface area contributed by atoms with E-state index in [2.05, 4.69) is 16.0 Å². The molecule has 4 aromatic carbocycles. The normalized spacial score (nSPS) is 11.4. The highest BCUT2D eigenvalue weighted by Crippen LogP contribution is 2.25. The van der Waals surface area contributed by atoms with Crippen LogP contribution in [0.5, 0.6) is 0 Å². The van der Waals surface area contributed by atoms with E-state index in [4.69, 9.17) is 12.2 Å². The number of carbonyl (C=O) groups is 2. The molecule has 0 saturated heterocycles. The Morgan fingerprint density at radius 1 is 0.667 bits per heavy atom. The lowest BCUT2D eigenvalue weighted by molar-refractivity contribution is -0.120. The highest BCUT2D eigenvalue weighted by Gasteiger charge is 2.24. The lowest BCUT2D eigenvalue weighted by Gasteiger charge is -2.20. The summed E-state index contributed by atoms with van der Waals surface area (Å²) in [6.45, 7) is 1.93. The number of hydrogen-bond donors (Lipinski definition) is 3. The minimum absolute atomic E-state index is 0.119. The number of benzene rings is 4. The van der Waals surface area contributed by atoms with Gasteiger partial charge in [-0.15, -0.1) is 0 Å². The van der Waals surface area contributed by atoms with Crippen LogP contribution in [-0.2, 0) is 4.79 Å². The molecule has 0 aliphatic carbocycles. The van der Waals surface area contributed by atoms with Gasteiger partial charge in [0, 0.05) is 0 Å². The average molecular weight is 494 g/mol. The summed E-state index contributed by atoms with van der Waals surface area (Å²) in [6.07, 6.45) is 0. The second-order valence-electron chi connectivity index (χ2n) is 8.35. The number of anilines is 1. The third-order valence-corrected chi connectivity index (χ3v) is 6.04. The van der Waals surface area contributed by atoms with Crippen LogP contribution in [0.3, 0.4) is 0 Å².